The first kappa shape index (κ1) is 18.4. The lowest BCUT2D eigenvalue weighted by molar-refractivity contribution is -0.118. The molecule has 2 aliphatic carbocycles. The van der Waals surface area contributed by atoms with Crippen LogP contribution in [0.15, 0.2) is 35.5 Å². The molecule has 6 heteroatoms. The summed E-state index contributed by atoms with van der Waals surface area (Å²) in [5, 5.41) is 0. The first-order valence-electron chi connectivity index (χ1n) is 8.82. The predicted octanol–water partition coefficient (Wildman–Crippen LogP) is 3.18. The van der Waals surface area contributed by atoms with Crippen LogP contribution in [0.4, 0.5) is 8.78 Å². The van der Waals surface area contributed by atoms with Crippen LogP contribution in [0.1, 0.15) is 45.1 Å². The highest BCUT2D eigenvalue weighted by molar-refractivity contribution is 5.74. The van der Waals surface area contributed by atoms with E-state index in [1.54, 1.807) is 6.08 Å². The molecule has 6 N–H and O–H groups in total. The molecular weight excluding hydrogens is 336 g/mol. The van der Waals surface area contributed by atoms with E-state index >= 15 is 0 Å². The van der Waals surface area contributed by atoms with E-state index in [4.69, 9.17) is 17.2 Å². The Bertz CT molecular complexity index is 808. The fourth-order valence-electron chi connectivity index (χ4n) is 5.01. The Morgan fingerprint density at radius 1 is 1.27 bits per heavy atom. The molecule has 0 saturated heterocycles. The SMILES string of the molecule is CC1(C)[C@H]2CC[C@]1(CCC(N)=O)C(N)=C2/C=C(\N)c1c(F)cccc1F. The highest BCUT2D eigenvalue weighted by Crippen LogP contribution is 2.68. The van der Waals surface area contributed by atoms with E-state index in [1.807, 2.05) is 0 Å². The summed E-state index contributed by atoms with van der Waals surface area (Å²) < 4.78 is 28.1. The van der Waals surface area contributed by atoms with Gasteiger partial charge in [-0.05, 0) is 54.4 Å². The highest BCUT2D eigenvalue weighted by atomic mass is 19.1. The Labute approximate surface area is 152 Å². The fraction of sp³-hybridized carbons (Fsp3) is 0.450. The van der Waals surface area contributed by atoms with E-state index in [0.717, 1.165) is 18.4 Å². The third-order valence-electron chi connectivity index (χ3n) is 6.53. The molecular formula is C20H25F2N3O. The third-order valence-corrected chi connectivity index (χ3v) is 6.53. The maximum atomic E-state index is 14.0. The largest absolute Gasteiger partial charge is 0.401 e. The lowest BCUT2D eigenvalue weighted by Gasteiger charge is -2.39. The number of carbonyl (C=O) groups excluding carboxylic acids is 1. The van der Waals surface area contributed by atoms with E-state index < -0.39 is 11.6 Å². The number of primary amides is 1. The van der Waals surface area contributed by atoms with Crippen LogP contribution in [0.2, 0.25) is 0 Å². The van der Waals surface area contributed by atoms with Crippen molar-refractivity contribution in [1.29, 1.82) is 0 Å². The van der Waals surface area contributed by atoms with Gasteiger partial charge in [-0.3, -0.25) is 4.79 Å². The Morgan fingerprint density at radius 2 is 1.88 bits per heavy atom. The van der Waals surface area contributed by atoms with Crippen molar-refractivity contribution in [1.82, 2.24) is 0 Å². The lowest BCUT2D eigenvalue weighted by Crippen LogP contribution is -2.36. The molecule has 0 aliphatic heterocycles. The van der Waals surface area contributed by atoms with Crippen molar-refractivity contribution >= 4 is 11.6 Å². The maximum absolute atomic E-state index is 14.0. The second-order valence-electron chi connectivity index (χ2n) is 7.93. The van der Waals surface area contributed by atoms with E-state index in [1.165, 1.54) is 18.2 Å². The summed E-state index contributed by atoms with van der Waals surface area (Å²) in [7, 11) is 0. The number of allylic oxidation sites excluding steroid dienone is 3. The van der Waals surface area contributed by atoms with Gasteiger partial charge in [0.1, 0.15) is 11.6 Å². The molecule has 2 aliphatic rings. The fourth-order valence-corrected chi connectivity index (χ4v) is 5.01. The second-order valence-corrected chi connectivity index (χ2v) is 7.93. The van der Waals surface area contributed by atoms with Gasteiger partial charge >= 0.3 is 0 Å². The van der Waals surface area contributed by atoms with E-state index in [2.05, 4.69) is 13.8 Å². The summed E-state index contributed by atoms with van der Waals surface area (Å²) in [5.41, 5.74) is 18.7. The summed E-state index contributed by atoms with van der Waals surface area (Å²) in [6.45, 7) is 4.25. The number of fused-ring (bicyclic) bond motifs is 2. The Morgan fingerprint density at radius 3 is 2.46 bits per heavy atom. The summed E-state index contributed by atoms with van der Waals surface area (Å²) in [5.74, 6) is -1.64. The Kier molecular flexibility index (Phi) is 4.33. The second kappa shape index (κ2) is 6.11. The number of nitrogens with two attached hydrogens (primary N) is 3. The van der Waals surface area contributed by atoms with Gasteiger partial charge in [0, 0.05) is 23.2 Å². The first-order chi connectivity index (χ1) is 12.1. The van der Waals surface area contributed by atoms with Crippen molar-refractivity contribution in [3.8, 4) is 0 Å². The number of hydrogen-bond acceptors (Lipinski definition) is 3. The topological polar surface area (TPSA) is 95.1 Å². The third kappa shape index (κ3) is 2.50. The molecule has 1 aromatic carbocycles. The van der Waals surface area contributed by atoms with E-state index in [-0.39, 0.29) is 40.3 Å². The van der Waals surface area contributed by atoms with Crippen molar-refractivity contribution in [2.24, 2.45) is 33.9 Å². The zero-order valence-electron chi connectivity index (χ0n) is 15.1. The summed E-state index contributed by atoms with van der Waals surface area (Å²) in [4.78, 5) is 11.3. The van der Waals surface area contributed by atoms with Gasteiger partial charge in [-0.1, -0.05) is 19.9 Å². The smallest absolute Gasteiger partial charge is 0.217 e. The first-order valence-corrected chi connectivity index (χ1v) is 8.82. The predicted molar refractivity (Wildman–Crippen MR) is 97.1 cm³/mol. The van der Waals surface area contributed by atoms with Gasteiger partial charge in [-0.15, -0.1) is 0 Å². The van der Waals surface area contributed by atoms with Gasteiger partial charge in [0.15, 0.2) is 0 Å². The van der Waals surface area contributed by atoms with Crippen LogP contribution in [-0.2, 0) is 4.79 Å². The standard InChI is InChI=1S/C20H25F2N3O/c1-19(2)12-6-8-20(19,9-7-16(24)26)18(25)11(12)10-15(23)17-13(21)4-3-5-14(17)22/h3-5,10,12H,6-9,23,25H2,1-2H3,(H2,24,26)/b15-10-/t12-,20-/m0/s1. The van der Waals surface area contributed by atoms with Crippen molar-refractivity contribution in [3.05, 3.63) is 52.7 Å². The van der Waals surface area contributed by atoms with E-state index in [0.29, 0.717) is 12.1 Å². The molecule has 1 aromatic rings. The molecule has 4 nitrogen and oxygen atoms in total. The number of hydrogen-bond donors (Lipinski definition) is 3. The van der Waals surface area contributed by atoms with Crippen LogP contribution in [0.25, 0.3) is 5.70 Å². The molecule has 0 spiro atoms. The molecule has 140 valence electrons. The molecule has 1 saturated carbocycles. The monoisotopic (exact) mass is 361 g/mol. The number of benzene rings is 1. The van der Waals surface area contributed by atoms with Crippen molar-refractivity contribution in [3.63, 3.8) is 0 Å². The Balaban J connectivity index is 2.05. The molecule has 2 bridgehead atoms. The van der Waals surface area contributed by atoms with Crippen molar-refractivity contribution < 1.29 is 13.6 Å². The van der Waals surface area contributed by atoms with Crippen LogP contribution >= 0.6 is 0 Å². The Hall–Kier alpha value is -2.37. The van der Waals surface area contributed by atoms with Crippen molar-refractivity contribution in [2.75, 3.05) is 0 Å². The average molecular weight is 361 g/mol. The number of amides is 1. The van der Waals surface area contributed by atoms with Gasteiger partial charge < -0.3 is 17.2 Å². The minimum absolute atomic E-state index is 0.0203. The number of halogens is 2. The maximum Gasteiger partial charge on any atom is 0.217 e. The van der Waals surface area contributed by atoms with Crippen molar-refractivity contribution in [2.45, 2.75) is 39.5 Å². The minimum Gasteiger partial charge on any atom is -0.401 e. The highest BCUT2D eigenvalue weighted by Gasteiger charge is 2.61. The molecule has 1 fully saturated rings. The van der Waals surface area contributed by atoms with Gasteiger partial charge in [0.25, 0.3) is 0 Å². The summed E-state index contributed by atoms with van der Waals surface area (Å²) in [6, 6.07) is 3.65. The van der Waals surface area contributed by atoms with Gasteiger partial charge in [0.05, 0.1) is 5.56 Å². The van der Waals surface area contributed by atoms with Crippen LogP contribution in [-0.4, -0.2) is 5.91 Å². The molecule has 0 radical (unpaired) electrons. The van der Waals surface area contributed by atoms with E-state index in [9.17, 15) is 13.6 Å². The molecule has 0 aromatic heterocycles. The zero-order valence-corrected chi connectivity index (χ0v) is 15.1. The average Bonchev–Trinajstić information content (AvgIpc) is 2.88. The van der Waals surface area contributed by atoms with Crippen LogP contribution in [0.3, 0.4) is 0 Å². The number of rotatable bonds is 5. The van der Waals surface area contributed by atoms with Gasteiger partial charge in [0.2, 0.25) is 5.91 Å². The summed E-state index contributed by atoms with van der Waals surface area (Å²) in [6.07, 6.45) is 4.20. The van der Waals surface area contributed by atoms with Crippen LogP contribution in [0.5, 0.6) is 0 Å². The quantitative estimate of drug-likeness (QED) is 0.752. The normalized spacial score (nSPS) is 27.2. The minimum atomic E-state index is -0.705. The van der Waals surface area contributed by atoms with Crippen LogP contribution in [0, 0.1) is 28.4 Å². The van der Waals surface area contributed by atoms with Crippen LogP contribution < -0.4 is 17.2 Å². The molecule has 0 heterocycles. The lowest BCUT2D eigenvalue weighted by atomic mass is 9.65. The molecule has 1 amide bonds. The van der Waals surface area contributed by atoms with Gasteiger partial charge in [-0.25, -0.2) is 8.78 Å². The molecule has 3 rings (SSSR count). The zero-order chi connectivity index (χ0) is 19.3. The summed E-state index contributed by atoms with van der Waals surface area (Å²) >= 11 is 0. The molecule has 26 heavy (non-hydrogen) atoms. The number of carbonyl (C=O) groups is 1. The molecule has 0 unspecified atom stereocenters. The van der Waals surface area contributed by atoms with Gasteiger partial charge in [-0.2, -0.15) is 0 Å². The molecule has 2 atom stereocenters.